The third kappa shape index (κ3) is 3.84. The number of carbonyl (C=O) groups is 3. The molecule has 0 bridgehead atoms. The van der Waals surface area contributed by atoms with Crippen LogP contribution in [0.1, 0.15) is 34.6 Å². The van der Waals surface area contributed by atoms with Crippen LogP contribution in [0.4, 0.5) is 0 Å². The number of fused-ring (bicyclic) bond motifs is 1. The van der Waals surface area contributed by atoms with E-state index in [-0.39, 0.29) is 19.1 Å². The Morgan fingerprint density at radius 2 is 1.44 bits per heavy atom. The molecule has 27 heavy (non-hydrogen) atoms. The van der Waals surface area contributed by atoms with Gasteiger partial charge in [-0.3, -0.25) is 14.5 Å². The van der Waals surface area contributed by atoms with Crippen molar-refractivity contribution in [1.82, 2.24) is 4.90 Å². The monoisotopic (exact) mass is 367 g/mol. The normalized spacial score (nSPS) is 14.3. The number of nitrogens with zero attached hydrogens (tertiary/aromatic N) is 1. The molecule has 2 aromatic rings. The summed E-state index contributed by atoms with van der Waals surface area (Å²) in [5.74, 6) is -1.15. The number of para-hydroxylation sites is 1. The number of carbonyl (C=O) groups excluding carboxylic acids is 3. The molecule has 0 unspecified atom stereocenters. The molecular formula is C21H21NO5. The van der Waals surface area contributed by atoms with Crippen molar-refractivity contribution in [2.45, 2.75) is 19.9 Å². The molecule has 0 fully saturated rings. The Hall–Kier alpha value is -3.15. The molecule has 0 spiro atoms. The highest BCUT2D eigenvalue weighted by molar-refractivity contribution is 6.22. The molecule has 0 saturated heterocycles. The molecule has 0 aromatic heterocycles. The first-order valence-corrected chi connectivity index (χ1v) is 8.82. The Bertz CT molecular complexity index is 812. The third-order valence-corrected chi connectivity index (χ3v) is 4.32. The van der Waals surface area contributed by atoms with Gasteiger partial charge < -0.3 is 9.47 Å². The van der Waals surface area contributed by atoms with Gasteiger partial charge in [0.2, 0.25) is 0 Å². The largest absolute Gasteiger partial charge is 0.490 e. The third-order valence-electron chi connectivity index (χ3n) is 4.32. The molecule has 140 valence electrons. The summed E-state index contributed by atoms with van der Waals surface area (Å²) in [5, 5.41) is 0. The fourth-order valence-corrected chi connectivity index (χ4v) is 3.04. The number of hydrogen-bond donors (Lipinski definition) is 0. The summed E-state index contributed by atoms with van der Waals surface area (Å²) < 4.78 is 10.8. The number of imide groups is 1. The van der Waals surface area contributed by atoms with Crippen LogP contribution in [0.2, 0.25) is 0 Å². The van der Waals surface area contributed by atoms with Gasteiger partial charge in [0.25, 0.3) is 11.8 Å². The molecule has 1 atom stereocenters. The zero-order valence-corrected chi connectivity index (χ0v) is 15.3. The van der Waals surface area contributed by atoms with Gasteiger partial charge in [0, 0.05) is 0 Å². The lowest BCUT2D eigenvalue weighted by atomic mass is 10.0. The summed E-state index contributed by atoms with van der Waals surface area (Å²) in [6.45, 7) is 3.76. The van der Waals surface area contributed by atoms with Crippen LogP contribution in [0, 0.1) is 5.92 Å². The summed E-state index contributed by atoms with van der Waals surface area (Å²) >= 11 is 0. The van der Waals surface area contributed by atoms with Crippen LogP contribution in [0.3, 0.4) is 0 Å². The number of esters is 1. The molecule has 0 aliphatic carbocycles. The van der Waals surface area contributed by atoms with E-state index in [0.717, 1.165) is 4.90 Å². The van der Waals surface area contributed by atoms with Crippen LogP contribution in [0.25, 0.3) is 0 Å². The maximum Gasteiger partial charge on any atom is 0.329 e. The van der Waals surface area contributed by atoms with Crippen molar-refractivity contribution in [2.24, 2.45) is 5.92 Å². The van der Waals surface area contributed by atoms with Crippen molar-refractivity contribution in [2.75, 3.05) is 13.2 Å². The predicted molar refractivity (Wildman–Crippen MR) is 98.5 cm³/mol. The van der Waals surface area contributed by atoms with Crippen molar-refractivity contribution in [3.63, 3.8) is 0 Å². The SMILES string of the molecule is CC(C)[C@H](C(=O)OCCOc1ccccc1)N1C(=O)c2ccccc2C1=O. The van der Waals surface area contributed by atoms with Gasteiger partial charge in [0.15, 0.2) is 0 Å². The Labute approximate surface area is 157 Å². The maximum absolute atomic E-state index is 12.6. The molecule has 0 saturated carbocycles. The van der Waals surface area contributed by atoms with Crippen molar-refractivity contribution >= 4 is 17.8 Å². The second kappa shape index (κ2) is 8.03. The summed E-state index contributed by atoms with van der Waals surface area (Å²) in [7, 11) is 0. The topological polar surface area (TPSA) is 72.9 Å². The van der Waals surface area contributed by atoms with E-state index < -0.39 is 23.8 Å². The minimum Gasteiger partial charge on any atom is -0.490 e. The highest BCUT2D eigenvalue weighted by Gasteiger charge is 2.44. The summed E-state index contributed by atoms with van der Waals surface area (Å²) in [6, 6.07) is 14.8. The molecular weight excluding hydrogens is 346 g/mol. The van der Waals surface area contributed by atoms with E-state index in [4.69, 9.17) is 9.47 Å². The van der Waals surface area contributed by atoms with Crippen LogP contribution in [-0.2, 0) is 9.53 Å². The fraction of sp³-hybridized carbons (Fsp3) is 0.286. The fourth-order valence-electron chi connectivity index (χ4n) is 3.04. The van der Waals surface area contributed by atoms with Gasteiger partial charge in [0.05, 0.1) is 11.1 Å². The minimum atomic E-state index is -0.978. The van der Waals surface area contributed by atoms with Gasteiger partial charge >= 0.3 is 5.97 Å². The Morgan fingerprint density at radius 1 is 0.889 bits per heavy atom. The number of amides is 2. The Balaban J connectivity index is 1.64. The number of benzene rings is 2. The summed E-state index contributed by atoms with van der Waals surface area (Å²) in [6.07, 6.45) is 0. The number of ether oxygens (including phenoxy) is 2. The van der Waals surface area contributed by atoms with Crippen molar-refractivity contribution in [3.05, 3.63) is 65.7 Å². The molecule has 1 aliphatic rings. The smallest absolute Gasteiger partial charge is 0.329 e. The molecule has 2 aromatic carbocycles. The standard InChI is InChI=1S/C21H21NO5/c1-14(2)18(21(25)27-13-12-26-15-8-4-3-5-9-15)22-19(23)16-10-6-7-11-17(16)20(22)24/h3-11,14,18H,12-13H2,1-2H3/t18-/m1/s1. The van der Waals surface area contributed by atoms with Gasteiger partial charge in [-0.15, -0.1) is 0 Å². The van der Waals surface area contributed by atoms with E-state index in [1.807, 2.05) is 18.2 Å². The van der Waals surface area contributed by atoms with E-state index in [2.05, 4.69) is 0 Å². The number of rotatable bonds is 7. The summed E-state index contributed by atoms with van der Waals surface area (Å²) in [5.41, 5.74) is 0.627. The molecule has 1 heterocycles. The van der Waals surface area contributed by atoms with Gasteiger partial charge in [0.1, 0.15) is 25.0 Å². The lowest BCUT2D eigenvalue weighted by Crippen LogP contribution is -2.48. The summed E-state index contributed by atoms with van der Waals surface area (Å²) in [4.78, 5) is 38.9. The van der Waals surface area contributed by atoms with Gasteiger partial charge in [-0.05, 0) is 30.2 Å². The average Bonchev–Trinajstić information content (AvgIpc) is 2.92. The van der Waals surface area contributed by atoms with Gasteiger partial charge in [-0.25, -0.2) is 4.79 Å². The van der Waals surface area contributed by atoms with E-state index in [0.29, 0.717) is 16.9 Å². The molecule has 6 heteroatoms. The Morgan fingerprint density at radius 3 is 2.00 bits per heavy atom. The number of hydrogen-bond acceptors (Lipinski definition) is 5. The first-order valence-electron chi connectivity index (χ1n) is 8.82. The minimum absolute atomic E-state index is 0.0279. The van der Waals surface area contributed by atoms with Crippen LogP contribution < -0.4 is 4.74 Å². The van der Waals surface area contributed by atoms with Crippen molar-refractivity contribution < 1.29 is 23.9 Å². The average molecular weight is 367 g/mol. The molecule has 0 radical (unpaired) electrons. The molecule has 1 aliphatic heterocycles. The van der Waals surface area contributed by atoms with Crippen molar-refractivity contribution in [1.29, 1.82) is 0 Å². The van der Waals surface area contributed by atoms with Gasteiger partial charge in [-0.2, -0.15) is 0 Å². The van der Waals surface area contributed by atoms with E-state index >= 15 is 0 Å². The molecule has 6 nitrogen and oxygen atoms in total. The molecule has 0 N–H and O–H groups in total. The highest BCUT2D eigenvalue weighted by Crippen LogP contribution is 2.27. The van der Waals surface area contributed by atoms with E-state index in [9.17, 15) is 14.4 Å². The van der Waals surface area contributed by atoms with E-state index in [1.54, 1.807) is 50.2 Å². The van der Waals surface area contributed by atoms with Crippen molar-refractivity contribution in [3.8, 4) is 5.75 Å². The first-order chi connectivity index (χ1) is 13.0. The van der Waals surface area contributed by atoms with Crippen LogP contribution in [-0.4, -0.2) is 41.9 Å². The zero-order valence-electron chi connectivity index (χ0n) is 15.3. The molecule has 2 amide bonds. The second-order valence-corrected chi connectivity index (χ2v) is 6.54. The lowest BCUT2D eigenvalue weighted by molar-refractivity contribution is -0.150. The predicted octanol–water partition coefficient (Wildman–Crippen LogP) is 2.93. The second-order valence-electron chi connectivity index (χ2n) is 6.54. The maximum atomic E-state index is 12.6. The molecule has 3 rings (SSSR count). The van der Waals surface area contributed by atoms with Crippen LogP contribution >= 0.6 is 0 Å². The van der Waals surface area contributed by atoms with Crippen LogP contribution in [0.5, 0.6) is 5.75 Å². The Kier molecular flexibility index (Phi) is 5.54. The van der Waals surface area contributed by atoms with Gasteiger partial charge in [-0.1, -0.05) is 44.2 Å². The quantitative estimate of drug-likeness (QED) is 0.427. The zero-order chi connectivity index (χ0) is 19.4. The van der Waals surface area contributed by atoms with E-state index in [1.165, 1.54) is 0 Å². The lowest BCUT2D eigenvalue weighted by Gasteiger charge is -2.27. The first kappa shape index (κ1) is 18.6. The highest BCUT2D eigenvalue weighted by atomic mass is 16.6. The van der Waals surface area contributed by atoms with Crippen LogP contribution in [0.15, 0.2) is 54.6 Å².